The van der Waals surface area contributed by atoms with Gasteiger partial charge in [0.2, 0.25) is 17.7 Å². The lowest BCUT2D eigenvalue weighted by molar-refractivity contribution is -0.134. The van der Waals surface area contributed by atoms with Gasteiger partial charge in [-0.3, -0.25) is 24.1 Å². The van der Waals surface area contributed by atoms with Crippen LogP contribution in [0.1, 0.15) is 37.8 Å². The van der Waals surface area contributed by atoms with Crippen LogP contribution in [0.25, 0.3) is 0 Å². The van der Waals surface area contributed by atoms with E-state index in [1.54, 1.807) is 33.1 Å². The van der Waals surface area contributed by atoms with Crippen LogP contribution in [0.4, 0.5) is 0 Å². The SMILES string of the molecule is COc1ccc(C[C@H](NC(=O)C(C)NC(=O)CN2CCOCC2)C(=O)NC(C(=O)C2(C)CO2)[C@@H](C)c2ccccc2)cc1. The van der Waals surface area contributed by atoms with Gasteiger partial charge in [0.1, 0.15) is 23.4 Å². The molecule has 0 bridgehead atoms. The molecule has 3 N–H and O–H groups in total. The van der Waals surface area contributed by atoms with Crippen molar-refractivity contribution in [1.29, 1.82) is 0 Å². The fourth-order valence-electron chi connectivity index (χ4n) is 5.02. The monoisotopic (exact) mass is 594 g/mol. The lowest BCUT2D eigenvalue weighted by atomic mass is 9.86. The predicted molar refractivity (Wildman–Crippen MR) is 160 cm³/mol. The van der Waals surface area contributed by atoms with E-state index in [1.165, 1.54) is 0 Å². The number of rotatable bonds is 14. The molecule has 2 aromatic rings. The number of methoxy groups -OCH3 is 1. The summed E-state index contributed by atoms with van der Waals surface area (Å²) in [6.45, 7) is 8.01. The van der Waals surface area contributed by atoms with E-state index in [0.29, 0.717) is 32.1 Å². The Bertz CT molecular complexity index is 1260. The summed E-state index contributed by atoms with van der Waals surface area (Å²) in [7, 11) is 1.56. The molecule has 2 aliphatic rings. The number of ether oxygens (including phenoxy) is 3. The highest BCUT2D eigenvalue weighted by Crippen LogP contribution is 2.32. The number of benzene rings is 2. The van der Waals surface area contributed by atoms with Gasteiger partial charge < -0.3 is 30.2 Å². The molecule has 2 aromatic carbocycles. The highest BCUT2D eigenvalue weighted by molar-refractivity contribution is 5.99. The number of amides is 3. The maximum atomic E-state index is 13.9. The molecule has 11 nitrogen and oxygen atoms in total. The molecule has 2 aliphatic heterocycles. The lowest BCUT2D eigenvalue weighted by Gasteiger charge is -2.29. The number of nitrogens with zero attached hydrogens (tertiary/aromatic N) is 1. The minimum atomic E-state index is -1.02. The topological polar surface area (TPSA) is 139 Å². The Morgan fingerprint density at radius 2 is 1.58 bits per heavy atom. The van der Waals surface area contributed by atoms with Gasteiger partial charge in [-0.2, -0.15) is 0 Å². The number of carbonyl (C=O) groups excluding carboxylic acids is 4. The van der Waals surface area contributed by atoms with Crippen LogP contribution in [0.5, 0.6) is 5.75 Å². The molecule has 3 unspecified atom stereocenters. The van der Waals surface area contributed by atoms with E-state index >= 15 is 0 Å². The number of hydrogen-bond acceptors (Lipinski definition) is 8. The van der Waals surface area contributed by atoms with Crippen molar-refractivity contribution in [1.82, 2.24) is 20.9 Å². The van der Waals surface area contributed by atoms with Crippen LogP contribution in [0.2, 0.25) is 0 Å². The highest BCUT2D eigenvalue weighted by atomic mass is 16.6. The Kier molecular flexibility index (Phi) is 10.9. The van der Waals surface area contributed by atoms with Gasteiger partial charge in [0.05, 0.1) is 39.5 Å². The fraction of sp³-hybridized carbons (Fsp3) is 0.500. The third-order valence-corrected chi connectivity index (χ3v) is 7.98. The summed E-state index contributed by atoms with van der Waals surface area (Å²) >= 11 is 0. The molecular weight excluding hydrogens is 552 g/mol. The normalized spacial score (nSPS) is 21.0. The van der Waals surface area contributed by atoms with E-state index < -0.39 is 35.5 Å². The zero-order chi connectivity index (χ0) is 31.0. The van der Waals surface area contributed by atoms with Gasteiger partial charge in [0.15, 0.2) is 5.78 Å². The standard InChI is InChI=1S/C32H42N4O7/c1-21(24-8-6-5-7-9-24)28(29(38)32(3)20-43-32)35-31(40)26(18-23-10-12-25(41-4)13-11-23)34-30(39)22(2)33-27(37)19-36-14-16-42-17-15-36/h5-13,21-22,26,28H,14-20H2,1-4H3,(H,33,37)(H,34,39)(H,35,40)/t21-,22?,26-,28?,32?/m0/s1. The number of Topliss-reactive ketones (excluding diaryl/α,β-unsaturated/α-hetero) is 1. The Labute approximate surface area is 252 Å². The predicted octanol–water partition coefficient (Wildman–Crippen LogP) is 1.21. The van der Waals surface area contributed by atoms with E-state index in [0.717, 1.165) is 11.1 Å². The Morgan fingerprint density at radius 3 is 2.19 bits per heavy atom. The van der Waals surface area contributed by atoms with Crippen molar-refractivity contribution < 1.29 is 33.4 Å². The van der Waals surface area contributed by atoms with Crippen molar-refractivity contribution in [3.8, 4) is 5.75 Å². The molecule has 0 aromatic heterocycles. The number of nitrogens with one attached hydrogen (secondary N) is 3. The molecule has 43 heavy (non-hydrogen) atoms. The first kappa shape index (κ1) is 32.1. The highest BCUT2D eigenvalue weighted by Gasteiger charge is 2.51. The zero-order valence-electron chi connectivity index (χ0n) is 25.3. The number of hydrogen-bond donors (Lipinski definition) is 3. The van der Waals surface area contributed by atoms with Gasteiger partial charge in [-0.15, -0.1) is 0 Å². The average molecular weight is 595 g/mol. The maximum Gasteiger partial charge on any atom is 0.243 e. The molecule has 0 aliphatic carbocycles. The number of carbonyl (C=O) groups is 4. The Balaban J connectivity index is 1.49. The Morgan fingerprint density at radius 1 is 0.930 bits per heavy atom. The minimum absolute atomic E-state index is 0.152. The first-order chi connectivity index (χ1) is 20.6. The molecule has 0 radical (unpaired) electrons. The second-order valence-electron chi connectivity index (χ2n) is 11.4. The number of ketones is 1. The molecule has 232 valence electrons. The maximum absolute atomic E-state index is 13.9. The summed E-state index contributed by atoms with van der Waals surface area (Å²) in [6, 6.07) is 13.8. The molecule has 2 saturated heterocycles. The third-order valence-electron chi connectivity index (χ3n) is 7.98. The molecule has 0 spiro atoms. The zero-order valence-corrected chi connectivity index (χ0v) is 25.3. The molecule has 5 atom stereocenters. The van der Waals surface area contributed by atoms with E-state index in [2.05, 4.69) is 16.0 Å². The van der Waals surface area contributed by atoms with Crippen LogP contribution in [0.3, 0.4) is 0 Å². The first-order valence-corrected chi connectivity index (χ1v) is 14.7. The molecule has 0 saturated carbocycles. The number of morpholine rings is 1. The largest absolute Gasteiger partial charge is 0.497 e. The summed E-state index contributed by atoms with van der Waals surface area (Å²) in [5.41, 5.74) is 0.703. The second-order valence-corrected chi connectivity index (χ2v) is 11.4. The van der Waals surface area contributed by atoms with Gasteiger partial charge in [0.25, 0.3) is 0 Å². The summed E-state index contributed by atoms with van der Waals surface area (Å²) in [5.74, 6) is -1.24. The van der Waals surface area contributed by atoms with Gasteiger partial charge in [0, 0.05) is 25.4 Å². The van der Waals surface area contributed by atoms with E-state index in [1.807, 2.05) is 54.3 Å². The van der Waals surface area contributed by atoms with Crippen LogP contribution in [-0.4, -0.2) is 98.7 Å². The van der Waals surface area contributed by atoms with E-state index in [9.17, 15) is 19.2 Å². The average Bonchev–Trinajstić information content (AvgIpc) is 3.78. The molecule has 2 heterocycles. The van der Waals surface area contributed by atoms with E-state index in [-0.39, 0.29) is 37.2 Å². The molecular formula is C32H42N4O7. The van der Waals surface area contributed by atoms with Crippen LogP contribution >= 0.6 is 0 Å². The van der Waals surface area contributed by atoms with Crippen LogP contribution < -0.4 is 20.7 Å². The molecule has 3 amide bonds. The van der Waals surface area contributed by atoms with Gasteiger partial charge in [-0.25, -0.2) is 0 Å². The first-order valence-electron chi connectivity index (χ1n) is 14.7. The van der Waals surface area contributed by atoms with Crippen LogP contribution in [0, 0.1) is 0 Å². The van der Waals surface area contributed by atoms with Gasteiger partial charge in [-0.05, 0) is 37.1 Å². The van der Waals surface area contributed by atoms with Crippen molar-refractivity contribution in [2.24, 2.45) is 0 Å². The quantitative estimate of drug-likeness (QED) is 0.278. The summed E-state index contributed by atoms with van der Waals surface area (Å²) < 4.78 is 16.0. The lowest BCUT2D eigenvalue weighted by Crippen LogP contribution is -2.58. The van der Waals surface area contributed by atoms with Crippen molar-refractivity contribution in [2.45, 2.75) is 56.8 Å². The summed E-state index contributed by atoms with van der Waals surface area (Å²) in [5, 5.41) is 8.46. The van der Waals surface area contributed by atoms with Gasteiger partial charge in [-0.1, -0.05) is 49.4 Å². The van der Waals surface area contributed by atoms with Crippen LogP contribution in [-0.2, 0) is 35.1 Å². The van der Waals surface area contributed by atoms with Crippen LogP contribution in [0.15, 0.2) is 54.6 Å². The van der Waals surface area contributed by atoms with Crippen molar-refractivity contribution in [3.05, 3.63) is 65.7 Å². The molecule has 4 rings (SSSR count). The van der Waals surface area contributed by atoms with Crippen molar-refractivity contribution >= 4 is 23.5 Å². The third kappa shape index (κ3) is 8.85. The van der Waals surface area contributed by atoms with E-state index in [4.69, 9.17) is 14.2 Å². The minimum Gasteiger partial charge on any atom is -0.497 e. The van der Waals surface area contributed by atoms with Crippen molar-refractivity contribution in [3.63, 3.8) is 0 Å². The Hall–Kier alpha value is -3.80. The molecule has 2 fully saturated rings. The van der Waals surface area contributed by atoms with Gasteiger partial charge >= 0.3 is 0 Å². The fourth-order valence-corrected chi connectivity index (χ4v) is 5.02. The smallest absolute Gasteiger partial charge is 0.243 e. The van der Waals surface area contributed by atoms with Crippen molar-refractivity contribution in [2.75, 3.05) is 46.6 Å². The summed E-state index contributed by atoms with van der Waals surface area (Å²) in [4.78, 5) is 55.3. The molecule has 11 heteroatoms. The second kappa shape index (κ2) is 14.6. The number of epoxide rings is 1. The summed E-state index contributed by atoms with van der Waals surface area (Å²) in [6.07, 6.45) is 0.157.